The summed E-state index contributed by atoms with van der Waals surface area (Å²) in [4.78, 5) is 5.18. The van der Waals surface area contributed by atoms with Crippen LogP contribution >= 0.6 is 11.3 Å². The SMILES string of the molecule is NCc1ccc(CN2CC=CCC2)s1. The fraction of sp³-hybridized carbons (Fsp3) is 0.455. The lowest BCUT2D eigenvalue weighted by Crippen LogP contribution is -2.26. The van der Waals surface area contributed by atoms with Gasteiger partial charge in [-0.1, -0.05) is 12.2 Å². The van der Waals surface area contributed by atoms with E-state index in [2.05, 4.69) is 29.2 Å². The summed E-state index contributed by atoms with van der Waals surface area (Å²) in [5.41, 5.74) is 5.58. The highest BCUT2D eigenvalue weighted by Gasteiger charge is 2.07. The molecule has 2 heterocycles. The lowest BCUT2D eigenvalue weighted by atomic mass is 10.2. The van der Waals surface area contributed by atoms with Gasteiger partial charge in [-0.25, -0.2) is 0 Å². The molecule has 1 aromatic rings. The summed E-state index contributed by atoms with van der Waals surface area (Å²) in [6.45, 7) is 4.03. The molecule has 1 aliphatic rings. The normalized spacial score (nSPS) is 17.5. The molecule has 0 aromatic carbocycles. The second kappa shape index (κ2) is 4.73. The van der Waals surface area contributed by atoms with Gasteiger partial charge in [-0.2, -0.15) is 0 Å². The van der Waals surface area contributed by atoms with Gasteiger partial charge in [-0.15, -0.1) is 11.3 Å². The third-order valence-electron chi connectivity index (χ3n) is 2.44. The summed E-state index contributed by atoms with van der Waals surface area (Å²) < 4.78 is 0. The quantitative estimate of drug-likeness (QED) is 0.770. The van der Waals surface area contributed by atoms with Crippen LogP contribution in [0, 0.1) is 0 Å². The molecule has 0 unspecified atom stereocenters. The van der Waals surface area contributed by atoms with E-state index in [4.69, 9.17) is 5.73 Å². The molecule has 0 amide bonds. The predicted octanol–water partition coefficient (Wildman–Crippen LogP) is 1.97. The van der Waals surface area contributed by atoms with E-state index in [0.29, 0.717) is 6.54 Å². The molecule has 2 N–H and O–H groups in total. The Morgan fingerprint density at radius 1 is 1.29 bits per heavy atom. The Morgan fingerprint density at radius 3 is 2.79 bits per heavy atom. The van der Waals surface area contributed by atoms with Gasteiger partial charge >= 0.3 is 0 Å². The summed E-state index contributed by atoms with van der Waals surface area (Å²) >= 11 is 1.84. The first-order valence-electron chi connectivity index (χ1n) is 5.03. The highest BCUT2D eigenvalue weighted by atomic mass is 32.1. The van der Waals surface area contributed by atoms with E-state index in [1.54, 1.807) is 0 Å². The molecule has 0 saturated heterocycles. The van der Waals surface area contributed by atoms with Crippen molar-refractivity contribution in [1.82, 2.24) is 4.90 Å². The van der Waals surface area contributed by atoms with Crippen LogP contribution in [0.4, 0.5) is 0 Å². The fourth-order valence-corrected chi connectivity index (χ4v) is 2.61. The Balaban J connectivity index is 1.93. The van der Waals surface area contributed by atoms with E-state index in [0.717, 1.165) is 13.1 Å². The highest BCUT2D eigenvalue weighted by Crippen LogP contribution is 2.18. The Bertz CT molecular complexity index is 317. The lowest BCUT2D eigenvalue weighted by molar-refractivity contribution is 0.293. The van der Waals surface area contributed by atoms with Crippen LogP contribution in [0.1, 0.15) is 16.2 Å². The minimum Gasteiger partial charge on any atom is -0.326 e. The minimum absolute atomic E-state index is 0.671. The van der Waals surface area contributed by atoms with Crippen molar-refractivity contribution in [3.05, 3.63) is 34.0 Å². The second-order valence-corrected chi connectivity index (χ2v) is 4.82. The molecule has 0 aliphatic carbocycles. The van der Waals surface area contributed by atoms with Gasteiger partial charge in [0, 0.05) is 35.9 Å². The average Bonchev–Trinajstić information content (AvgIpc) is 2.67. The molecule has 0 fully saturated rings. The molecule has 0 spiro atoms. The van der Waals surface area contributed by atoms with E-state index in [9.17, 15) is 0 Å². The van der Waals surface area contributed by atoms with Gasteiger partial charge in [0.15, 0.2) is 0 Å². The first-order chi connectivity index (χ1) is 6.88. The van der Waals surface area contributed by atoms with Gasteiger partial charge in [0.1, 0.15) is 0 Å². The average molecular weight is 208 g/mol. The van der Waals surface area contributed by atoms with E-state index in [1.807, 2.05) is 11.3 Å². The molecule has 2 nitrogen and oxygen atoms in total. The largest absolute Gasteiger partial charge is 0.326 e. The summed E-state index contributed by atoms with van der Waals surface area (Å²) in [6, 6.07) is 4.34. The van der Waals surface area contributed by atoms with Crippen LogP contribution in [0.25, 0.3) is 0 Å². The van der Waals surface area contributed by atoms with Gasteiger partial charge in [0.2, 0.25) is 0 Å². The zero-order chi connectivity index (χ0) is 9.80. The molecular weight excluding hydrogens is 192 g/mol. The van der Waals surface area contributed by atoms with Crippen molar-refractivity contribution in [2.24, 2.45) is 5.73 Å². The standard InChI is InChI=1S/C11H16N2S/c12-8-10-4-5-11(14-10)9-13-6-2-1-3-7-13/h1-2,4-5H,3,6-9,12H2. The Labute approximate surface area is 89.0 Å². The topological polar surface area (TPSA) is 29.3 Å². The van der Waals surface area contributed by atoms with Crippen LogP contribution < -0.4 is 5.73 Å². The third-order valence-corrected chi connectivity index (χ3v) is 3.53. The van der Waals surface area contributed by atoms with E-state index >= 15 is 0 Å². The maximum atomic E-state index is 5.58. The molecule has 0 atom stereocenters. The zero-order valence-electron chi connectivity index (χ0n) is 8.28. The van der Waals surface area contributed by atoms with Gasteiger partial charge in [-0.3, -0.25) is 4.90 Å². The fourth-order valence-electron chi connectivity index (χ4n) is 1.67. The maximum absolute atomic E-state index is 5.58. The van der Waals surface area contributed by atoms with Crippen molar-refractivity contribution >= 4 is 11.3 Å². The number of thiophene rings is 1. The van der Waals surface area contributed by atoms with Crippen LogP contribution in [0.2, 0.25) is 0 Å². The first-order valence-corrected chi connectivity index (χ1v) is 5.85. The Kier molecular flexibility index (Phi) is 3.35. The zero-order valence-corrected chi connectivity index (χ0v) is 9.09. The van der Waals surface area contributed by atoms with Crippen molar-refractivity contribution < 1.29 is 0 Å². The van der Waals surface area contributed by atoms with Crippen molar-refractivity contribution in [2.75, 3.05) is 13.1 Å². The Morgan fingerprint density at radius 2 is 2.14 bits per heavy atom. The van der Waals surface area contributed by atoms with E-state index in [-0.39, 0.29) is 0 Å². The Hall–Kier alpha value is -0.640. The van der Waals surface area contributed by atoms with Crippen LogP contribution in [-0.4, -0.2) is 18.0 Å². The van der Waals surface area contributed by atoms with Crippen LogP contribution in [-0.2, 0) is 13.1 Å². The van der Waals surface area contributed by atoms with Crippen molar-refractivity contribution in [2.45, 2.75) is 19.5 Å². The smallest absolute Gasteiger partial charge is 0.0331 e. The third kappa shape index (κ3) is 2.44. The van der Waals surface area contributed by atoms with Gasteiger partial charge in [0.25, 0.3) is 0 Å². The van der Waals surface area contributed by atoms with E-state index in [1.165, 1.54) is 22.7 Å². The summed E-state index contributed by atoms with van der Waals surface area (Å²) in [6.07, 6.45) is 5.70. The van der Waals surface area contributed by atoms with Crippen molar-refractivity contribution in [1.29, 1.82) is 0 Å². The lowest BCUT2D eigenvalue weighted by Gasteiger charge is -2.21. The van der Waals surface area contributed by atoms with Crippen LogP contribution in [0.3, 0.4) is 0 Å². The highest BCUT2D eigenvalue weighted by molar-refractivity contribution is 7.11. The molecule has 2 rings (SSSR count). The maximum Gasteiger partial charge on any atom is 0.0331 e. The van der Waals surface area contributed by atoms with Gasteiger partial charge < -0.3 is 5.73 Å². The molecule has 14 heavy (non-hydrogen) atoms. The number of hydrogen-bond acceptors (Lipinski definition) is 3. The molecule has 0 radical (unpaired) electrons. The molecule has 0 bridgehead atoms. The van der Waals surface area contributed by atoms with Gasteiger partial charge in [-0.05, 0) is 18.6 Å². The van der Waals surface area contributed by atoms with Crippen LogP contribution in [0.15, 0.2) is 24.3 Å². The first kappa shape index (κ1) is 9.90. The van der Waals surface area contributed by atoms with Crippen molar-refractivity contribution in [3.8, 4) is 0 Å². The number of nitrogens with zero attached hydrogens (tertiary/aromatic N) is 1. The molecule has 1 aliphatic heterocycles. The van der Waals surface area contributed by atoms with Crippen molar-refractivity contribution in [3.63, 3.8) is 0 Å². The minimum atomic E-state index is 0.671. The number of hydrogen-bond donors (Lipinski definition) is 1. The van der Waals surface area contributed by atoms with Crippen LogP contribution in [0.5, 0.6) is 0 Å². The number of rotatable bonds is 3. The summed E-state index contributed by atoms with van der Waals surface area (Å²) in [5.74, 6) is 0. The molecular formula is C11H16N2S. The summed E-state index contributed by atoms with van der Waals surface area (Å²) in [7, 11) is 0. The second-order valence-electron chi connectivity index (χ2n) is 3.57. The summed E-state index contributed by atoms with van der Waals surface area (Å²) in [5, 5.41) is 0. The molecule has 76 valence electrons. The predicted molar refractivity (Wildman–Crippen MR) is 61.2 cm³/mol. The molecule has 3 heteroatoms. The van der Waals surface area contributed by atoms with E-state index < -0.39 is 0 Å². The monoisotopic (exact) mass is 208 g/mol. The number of nitrogens with two attached hydrogens (primary N) is 1. The molecule has 1 aromatic heterocycles. The van der Waals surface area contributed by atoms with Gasteiger partial charge in [0.05, 0.1) is 0 Å². The molecule has 0 saturated carbocycles.